The zero-order chi connectivity index (χ0) is 14.4. The van der Waals surface area contributed by atoms with E-state index in [0.717, 1.165) is 10.2 Å². The summed E-state index contributed by atoms with van der Waals surface area (Å²) in [6, 6.07) is 0. The second-order valence-electron chi connectivity index (χ2n) is 5.75. The molecular weight excluding hydrogens is 310 g/mol. The van der Waals surface area contributed by atoms with E-state index in [2.05, 4.69) is 15.9 Å². The Labute approximate surface area is 122 Å². The minimum atomic E-state index is -0.305. The molecule has 19 heavy (non-hydrogen) atoms. The van der Waals surface area contributed by atoms with Gasteiger partial charge >= 0.3 is 0 Å². The average molecular weight is 330 g/mol. The topological polar surface area (TPSA) is 42.7 Å². The standard InChI is InChI=1S/C14H20BrNO3/c1-8-6-16(14(4,5)7-18-8)13(17)11-9(2)19-10(3)12(11)15/h8H,6-7H2,1-5H3/t8-/m1/s1. The van der Waals surface area contributed by atoms with Crippen molar-refractivity contribution >= 4 is 21.8 Å². The lowest BCUT2D eigenvalue weighted by Crippen LogP contribution is -2.57. The van der Waals surface area contributed by atoms with Crippen LogP contribution in [0.4, 0.5) is 0 Å². The number of nitrogens with zero attached hydrogens (tertiary/aromatic N) is 1. The van der Waals surface area contributed by atoms with Crippen LogP contribution in [0.2, 0.25) is 0 Å². The smallest absolute Gasteiger partial charge is 0.259 e. The first kappa shape index (κ1) is 14.6. The first-order chi connectivity index (χ1) is 8.74. The van der Waals surface area contributed by atoms with Gasteiger partial charge in [0.1, 0.15) is 11.5 Å². The van der Waals surface area contributed by atoms with Gasteiger partial charge in [-0.05, 0) is 50.5 Å². The molecule has 0 aromatic carbocycles. The van der Waals surface area contributed by atoms with Crippen LogP contribution in [-0.2, 0) is 4.74 Å². The minimum Gasteiger partial charge on any atom is -0.465 e. The Morgan fingerprint density at radius 1 is 1.37 bits per heavy atom. The van der Waals surface area contributed by atoms with Gasteiger partial charge in [0.25, 0.3) is 5.91 Å². The molecule has 0 N–H and O–H groups in total. The van der Waals surface area contributed by atoms with E-state index in [-0.39, 0.29) is 17.6 Å². The van der Waals surface area contributed by atoms with Crippen molar-refractivity contribution in [2.75, 3.05) is 13.2 Å². The Kier molecular flexibility index (Phi) is 3.80. The van der Waals surface area contributed by atoms with Crippen LogP contribution in [0.5, 0.6) is 0 Å². The maximum Gasteiger partial charge on any atom is 0.259 e. The summed E-state index contributed by atoms with van der Waals surface area (Å²) in [6.07, 6.45) is 0.0593. The Morgan fingerprint density at radius 2 is 2.00 bits per heavy atom. The Hall–Kier alpha value is -0.810. The number of carbonyl (C=O) groups excluding carboxylic acids is 1. The fraction of sp³-hybridized carbons (Fsp3) is 0.643. The van der Waals surface area contributed by atoms with Gasteiger partial charge in [0.05, 0.1) is 28.3 Å². The monoisotopic (exact) mass is 329 g/mol. The Balaban J connectivity index is 2.37. The van der Waals surface area contributed by atoms with Crippen LogP contribution >= 0.6 is 15.9 Å². The molecule has 0 aliphatic carbocycles. The number of amides is 1. The highest BCUT2D eigenvalue weighted by Gasteiger charge is 2.39. The highest BCUT2D eigenvalue weighted by Crippen LogP contribution is 2.32. The second-order valence-corrected chi connectivity index (χ2v) is 6.55. The van der Waals surface area contributed by atoms with E-state index >= 15 is 0 Å². The molecule has 1 fully saturated rings. The highest BCUT2D eigenvalue weighted by molar-refractivity contribution is 9.10. The van der Waals surface area contributed by atoms with E-state index in [1.54, 1.807) is 0 Å². The molecule has 1 aromatic heterocycles. The minimum absolute atomic E-state index is 0.00127. The lowest BCUT2D eigenvalue weighted by Gasteiger charge is -2.44. The highest BCUT2D eigenvalue weighted by atomic mass is 79.9. The van der Waals surface area contributed by atoms with Crippen molar-refractivity contribution in [3.8, 4) is 0 Å². The van der Waals surface area contributed by atoms with Crippen molar-refractivity contribution in [3.63, 3.8) is 0 Å². The largest absolute Gasteiger partial charge is 0.465 e. The quantitative estimate of drug-likeness (QED) is 0.793. The number of hydrogen-bond donors (Lipinski definition) is 0. The predicted octanol–water partition coefficient (Wildman–Crippen LogP) is 3.30. The number of rotatable bonds is 1. The van der Waals surface area contributed by atoms with E-state index in [9.17, 15) is 4.79 Å². The van der Waals surface area contributed by atoms with Crippen molar-refractivity contribution in [1.82, 2.24) is 4.90 Å². The van der Waals surface area contributed by atoms with Crippen molar-refractivity contribution in [2.24, 2.45) is 0 Å². The fourth-order valence-electron chi connectivity index (χ4n) is 2.37. The molecule has 0 saturated carbocycles. The van der Waals surface area contributed by atoms with Gasteiger partial charge in [-0.3, -0.25) is 4.79 Å². The van der Waals surface area contributed by atoms with Gasteiger partial charge in [0, 0.05) is 6.54 Å². The van der Waals surface area contributed by atoms with Gasteiger partial charge in [-0.1, -0.05) is 0 Å². The fourth-order valence-corrected chi connectivity index (χ4v) is 2.90. The third kappa shape index (κ3) is 2.58. The van der Waals surface area contributed by atoms with Crippen LogP contribution in [0.3, 0.4) is 0 Å². The van der Waals surface area contributed by atoms with Crippen molar-refractivity contribution < 1.29 is 13.9 Å². The van der Waals surface area contributed by atoms with Gasteiger partial charge in [-0.15, -0.1) is 0 Å². The van der Waals surface area contributed by atoms with Gasteiger partial charge in [0.2, 0.25) is 0 Å². The average Bonchev–Trinajstić information content (AvgIpc) is 2.56. The van der Waals surface area contributed by atoms with Crippen molar-refractivity contribution in [1.29, 1.82) is 0 Å². The molecule has 1 saturated heterocycles. The van der Waals surface area contributed by atoms with Crippen molar-refractivity contribution in [3.05, 3.63) is 21.6 Å². The van der Waals surface area contributed by atoms with Gasteiger partial charge < -0.3 is 14.1 Å². The number of aryl methyl sites for hydroxylation is 2. The van der Waals surface area contributed by atoms with Crippen LogP contribution in [0.15, 0.2) is 8.89 Å². The maximum absolute atomic E-state index is 12.8. The van der Waals surface area contributed by atoms with E-state index < -0.39 is 0 Å². The molecule has 1 amide bonds. The number of morpholine rings is 1. The van der Waals surface area contributed by atoms with Crippen LogP contribution in [0, 0.1) is 13.8 Å². The summed E-state index contributed by atoms with van der Waals surface area (Å²) in [6.45, 7) is 10.8. The number of carbonyl (C=O) groups is 1. The lowest BCUT2D eigenvalue weighted by atomic mass is 9.99. The lowest BCUT2D eigenvalue weighted by molar-refractivity contribution is -0.0756. The van der Waals surface area contributed by atoms with E-state index in [0.29, 0.717) is 24.5 Å². The number of hydrogen-bond acceptors (Lipinski definition) is 3. The summed E-state index contributed by atoms with van der Waals surface area (Å²) < 4.78 is 11.9. The van der Waals surface area contributed by atoms with E-state index in [1.165, 1.54) is 0 Å². The molecule has 2 rings (SSSR count). The normalized spacial score (nSPS) is 22.6. The molecule has 0 radical (unpaired) electrons. The summed E-state index contributed by atoms with van der Waals surface area (Å²) in [5.41, 5.74) is 0.320. The van der Waals surface area contributed by atoms with Crippen molar-refractivity contribution in [2.45, 2.75) is 46.3 Å². The third-order valence-corrected chi connectivity index (χ3v) is 4.49. The molecule has 1 atom stereocenters. The number of halogens is 1. The van der Waals surface area contributed by atoms with Gasteiger partial charge in [0.15, 0.2) is 0 Å². The van der Waals surface area contributed by atoms with E-state index in [4.69, 9.17) is 9.15 Å². The van der Waals surface area contributed by atoms with Crippen LogP contribution < -0.4 is 0 Å². The molecule has 1 aromatic rings. The molecule has 0 unspecified atom stereocenters. The molecular formula is C14H20BrNO3. The zero-order valence-electron chi connectivity index (χ0n) is 12.0. The molecule has 0 spiro atoms. The summed E-state index contributed by atoms with van der Waals surface area (Å²) in [5.74, 6) is 1.39. The number of furan rings is 1. The maximum atomic E-state index is 12.8. The summed E-state index contributed by atoms with van der Waals surface area (Å²) in [7, 11) is 0. The first-order valence-electron chi connectivity index (χ1n) is 6.43. The summed E-state index contributed by atoms with van der Waals surface area (Å²) in [4.78, 5) is 14.7. The second kappa shape index (κ2) is 4.94. The molecule has 1 aliphatic rings. The number of ether oxygens (including phenoxy) is 1. The molecule has 106 valence electrons. The molecule has 2 heterocycles. The molecule has 5 heteroatoms. The Morgan fingerprint density at radius 3 is 2.53 bits per heavy atom. The van der Waals surface area contributed by atoms with Gasteiger partial charge in [-0.2, -0.15) is 0 Å². The summed E-state index contributed by atoms with van der Waals surface area (Å²) in [5, 5.41) is 0. The predicted molar refractivity (Wildman–Crippen MR) is 76.4 cm³/mol. The molecule has 4 nitrogen and oxygen atoms in total. The van der Waals surface area contributed by atoms with Crippen LogP contribution in [0.1, 0.15) is 42.6 Å². The molecule has 1 aliphatic heterocycles. The third-order valence-electron chi connectivity index (χ3n) is 3.54. The Bertz CT molecular complexity index is 507. The summed E-state index contributed by atoms with van der Waals surface area (Å²) >= 11 is 3.45. The van der Waals surface area contributed by atoms with E-state index in [1.807, 2.05) is 39.5 Å². The SMILES string of the molecule is Cc1oc(C)c(C(=O)N2C[C@@H](C)OCC2(C)C)c1Br. The van der Waals surface area contributed by atoms with Gasteiger partial charge in [-0.25, -0.2) is 0 Å². The van der Waals surface area contributed by atoms with Crippen LogP contribution in [-0.4, -0.2) is 35.6 Å². The zero-order valence-corrected chi connectivity index (χ0v) is 13.6. The first-order valence-corrected chi connectivity index (χ1v) is 7.22. The molecule has 0 bridgehead atoms. The van der Waals surface area contributed by atoms with Crippen LogP contribution in [0.25, 0.3) is 0 Å².